The Morgan fingerprint density at radius 3 is 0.649 bits per heavy atom. The average molecular weight is 505 g/mol. The summed E-state index contributed by atoms with van der Waals surface area (Å²) in [4.78, 5) is 0. The molecule has 37 heavy (non-hydrogen) atoms. The molecule has 0 radical (unpaired) electrons. The van der Waals surface area contributed by atoms with Crippen molar-refractivity contribution < 1.29 is 0 Å². The Morgan fingerprint density at radius 1 is 0.351 bits per heavy atom. The first-order chi connectivity index (χ1) is 17.6. The number of nitrogens with one attached hydrogen (secondary N) is 4. The van der Waals surface area contributed by atoms with Gasteiger partial charge in [0.1, 0.15) is 23.3 Å². The number of nitrogen functional groups attached to an aromatic ring is 4. The van der Waals surface area contributed by atoms with Crippen LogP contribution in [0.15, 0.2) is 97.1 Å². The topological polar surface area (TPSA) is 199 Å². The van der Waals surface area contributed by atoms with E-state index in [0.717, 1.165) is 20.7 Å². The van der Waals surface area contributed by atoms with Gasteiger partial charge in [0.2, 0.25) is 0 Å². The molecule has 0 atom stereocenters. The van der Waals surface area contributed by atoms with Crippen LogP contribution in [0.4, 0.5) is 0 Å². The lowest BCUT2D eigenvalue weighted by atomic mass is 10.2. The molecule has 0 bridgehead atoms. The van der Waals surface area contributed by atoms with Crippen LogP contribution in [0, 0.1) is 21.6 Å². The molecule has 4 aromatic carbocycles. The van der Waals surface area contributed by atoms with Crippen molar-refractivity contribution in [2.75, 3.05) is 0 Å². The zero-order chi connectivity index (χ0) is 26.7. The second-order valence-corrected chi connectivity index (χ2v) is 12.5. The van der Waals surface area contributed by atoms with E-state index in [0.29, 0.717) is 22.3 Å². The molecule has 4 rings (SSSR count). The van der Waals surface area contributed by atoms with Crippen LogP contribution in [0.3, 0.4) is 0 Å². The van der Waals surface area contributed by atoms with Crippen molar-refractivity contribution in [3.63, 3.8) is 0 Å². The lowest BCUT2D eigenvalue weighted by Gasteiger charge is -2.35. The quantitative estimate of drug-likeness (QED) is 0.0734. The number of amidine groups is 4. The summed E-state index contributed by atoms with van der Waals surface area (Å²) in [6, 6.07) is 30.8. The number of benzene rings is 4. The molecule has 8 nitrogen and oxygen atoms in total. The number of hydrogen-bond acceptors (Lipinski definition) is 4. The maximum atomic E-state index is 7.84. The van der Waals surface area contributed by atoms with Gasteiger partial charge in [-0.25, -0.2) is 0 Å². The lowest BCUT2D eigenvalue weighted by molar-refractivity contribution is 1.42. The van der Waals surface area contributed by atoms with Gasteiger partial charge >= 0.3 is 0 Å². The fourth-order valence-electron chi connectivity index (χ4n) is 4.60. The summed E-state index contributed by atoms with van der Waals surface area (Å²) in [7, 11) is -2.98. The van der Waals surface area contributed by atoms with Gasteiger partial charge in [-0.1, -0.05) is 97.1 Å². The fourth-order valence-corrected chi connectivity index (χ4v) is 9.27. The van der Waals surface area contributed by atoms with Crippen LogP contribution < -0.4 is 43.7 Å². The van der Waals surface area contributed by atoms with Crippen LogP contribution in [0.5, 0.6) is 0 Å². The Morgan fingerprint density at radius 2 is 0.514 bits per heavy atom. The number of nitrogens with two attached hydrogens (primary N) is 4. The van der Waals surface area contributed by atoms with Gasteiger partial charge in [-0.2, -0.15) is 0 Å². The fraction of sp³-hybridized carbons (Fsp3) is 0. The molecule has 0 aliphatic rings. The smallest absolute Gasteiger partial charge is 0.179 e. The summed E-state index contributed by atoms with van der Waals surface area (Å²) in [5.74, 6) is -0.0509. The van der Waals surface area contributed by atoms with Gasteiger partial charge in [0.15, 0.2) is 8.07 Å². The van der Waals surface area contributed by atoms with Gasteiger partial charge in [-0.3, -0.25) is 21.6 Å². The third-order valence-corrected chi connectivity index (χ3v) is 11.3. The maximum absolute atomic E-state index is 7.84. The minimum absolute atomic E-state index is 0.0127. The minimum Gasteiger partial charge on any atom is -0.384 e. The Labute approximate surface area is 216 Å². The lowest BCUT2D eigenvalue weighted by Crippen LogP contribution is -2.74. The van der Waals surface area contributed by atoms with E-state index < -0.39 is 8.07 Å². The molecule has 0 saturated carbocycles. The highest BCUT2D eigenvalue weighted by molar-refractivity contribution is 7.19. The molecule has 12 N–H and O–H groups in total. The van der Waals surface area contributed by atoms with Crippen LogP contribution in [0.2, 0.25) is 0 Å². The van der Waals surface area contributed by atoms with Gasteiger partial charge in [0.05, 0.1) is 0 Å². The first-order valence-corrected chi connectivity index (χ1v) is 13.4. The highest BCUT2D eigenvalue weighted by atomic mass is 28.3. The summed E-state index contributed by atoms with van der Waals surface area (Å²) in [5.41, 5.74) is 25.5. The van der Waals surface area contributed by atoms with E-state index in [-0.39, 0.29) is 23.3 Å². The summed E-state index contributed by atoms with van der Waals surface area (Å²) in [6.45, 7) is 0. The van der Waals surface area contributed by atoms with Gasteiger partial charge in [0, 0.05) is 22.3 Å². The molecule has 0 amide bonds. The summed E-state index contributed by atoms with van der Waals surface area (Å²) in [6.07, 6.45) is 0. The predicted octanol–water partition coefficient (Wildman–Crippen LogP) is 0.200. The Kier molecular flexibility index (Phi) is 6.72. The zero-order valence-corrected chi connectivity index (χ0v) is 21.0. The summed E-state index contributed by atoms with van der Waals surface area (Å²) >= 11 is 0. The third kappa shape index (κ3) is 4.63. The minimum atomic E-state index is -2.98. The number of hydrogen-bond donors (Lipinski definition) is 8. The Bertz CT molecular complexity index is 1250. The zero-order valence-electron chi connectivity index (χ0n) is 20.0. The summed E-state index contributed by atoms with van der Waals surface area (Å²) in [5, 5.41) is 35.5. The molecule has 9 heteroatoms. The predicted molar refractivity (Wildman–Crippen MR) is 154 cm³/mol. The van der Waals surface area contributed by atoms with E-state index in [1.54, 1.807) is 0 Å². The molecule has 0 heterocycles. The second-order valence-electron chi connectivity index (χ2n) is 8.71. The van der Waals surface area contributed by atoms with Crippen molar-refractivity contribution in [3.8, 4) is 0 Å². The van der Waals surface area contributed by atoms with Crippen molar-refractivity contribution in [3.05, 3.63) is 119 Å². The first-order valence-electron chi connectivity index (χ1n) is 11.4. The molecule has 0 saturated heterocycles. The molecule has 0 aliphatic carbocycles. The summed E-state index contributed by atoms with van der Waals surface area (Å²) < 4.78 is 0. The molecule has 0 spiro atoms. The van der Waals surface area contributed by atoms with E-state index in [9.17, 15) is 0 Å². The maximum Gasteiger partial charge on any atom is 0.179 e. The molecule has 0 aliphatic heterocycles. The van der Waals surface area contributed by atoms with Crippen molar-refractivity contribution in [1.82, 2.24) is 0 Å². The van der Waals surface area contributed by atoms with E-state index in [1.165, 1.54) is 0 Å². The van der Waals surface area contributed by atoms with Crippen molar-refractivity contribution in [2.24, 2.45) is 22.9 Å². The molecule has 0 unspecified atom stereocenters. The van der Waals surface area contributed by atoms with Gasteiger partial charge in [0.25, 0.3) is 0 Å². The van der Waals surface area contributed by atoms with Crippen molar-refractivity contribution in [1.29, 1.82) is 21.6 Å². The molecule has 4 aromatic rings. The number of rotatable bonds is 8. The van der Waals surface area contributed by atoms with Crippen molar-refractivity contribution >= 4 is 52.2 Å². The van der Waals surface area contributed by atoms with E-state index in [2.05, 4.69) is 0 Å². The molecule has 0 aromatic heterocycles. The van der Waals surface area contributed by atoms with Gasteiger partial charge in [-0.15, -0.1) is 0 Å². The SMILES string of the molecule is N=C(N)c1ccc([Si](c2ccc(C(=N)N)cc2)(c2ccc(C(=N)N)cc2)c2ccc(C(=N)N)cc2)cc1. The highest BCUT2D eigenvalue weighted by Crippen LogP contribution is 2.13. The van der Waals surface area contributed by atoms with Gasteiger partial charge in [-0.05, 0) is 20.7 Å². The van der Waals surface area contributed by atoms with E-state index >= 15 is 0 Å². The van der Waals surface area contributed by atoms with Crippen molar-refractivity contribution in [2.45, 2.75) is 0 Å². The second kappa shape index (κ2) is 9.92. The molecule has 184 valence electrons. The van der Waals surface area contributed by atoms with Crippen LogP contribution >= 0.6 is 0 Å². The first kappa shape index (κ1) is 25.1. The highest BCUT2D eigenvalue weighted by Gasteiger charge is 2.41. The Balaban J connectivity index is 2.09. The molecule has 0 fully saturated rings. The molecular weight excluding hydrogens is 476 g/mol. The van der Waals surface area contributed by atoms with Crippen LogP contribution in [0.25, 0.3) is 0 Å². The van der Waals surface area contributed by atoms with Crippen LogP contribution in [-0.4, -0.2) is 31.4 Å². The third-order valence-electron chi connectivity index (χ3n) is 6.52. The monoisotopic (exact) mass is 504 g/mol. The molecular formula is C28H28N8Si. The largest absolute Gasteiger partial charge is 0.384 e. The average Bonchev–Trinajstić information content (AvgIpc) is 2.90. The van der Waals surface area contributed by atoms with E-state index in [1.807, 2.05) is 97.1 Å². The van der Waals surface area contributed by atoms with Gasteiger partial charge < -0.3 is 22.9 Å². The van der Waals surface area contributed by atoms with Crippen LogP contribution in [0.1, 0.15) is 22.3 Å². The normalized spacial score (nSPS) is 12.3. The standard InChI is InChI=1S/C28H28N8Si/c29-25(30)17-1-9-21(10-2-17)37(22-11-3-18(4-12-22)26(31)32,23-13-5-19(6-14-23)27(33)34)24-15-7-20(8-16-24)28(35)36/h1-16H,(H3,29,30)(H3,31,32)(H3,33,34)(H3,35,36). The Hall–Kier alpha value is -5.02. The van der Waals surface area contributed by atoms with Crippen LogP contribution in [-0.2, 0) is 0 Å². The van der Waals surface area contributed by atoms with E-state index in [4.69, 9.17) is 44.6 Å².